The maximum atomic E-state index is 9.55. The van der Waals surface area contributed by atoms with Gasteiger partial charge in [-0.1, -0.05) is 17.7 Å². The van der Waals surface area contributed by atoms with Crippen LogP contribution >= 0.6 is 11.6 Å². The lowest BCUT2D eigenvalue weighted by Crippen LogP contribution is -2.43. The first kappa shape index (κ1) is 24.1. The number of carboxylic acids is 2. The van der Waals surface area contributed by atoms with Crippen LogP contribution in [0.5, 0.6) is 11.5 Å². The van der Waals surface area contributed by atoms with E-state index in [1.54, 1.807) is 25.4 Å². The van der Waals surface area contributed by atoms with Crippen molar-refractivity contribution < 1.29 is 34.0 Å². The largest absolute Gasteiger partial charge is 0.497 e. The van der Waals surface area contributed by atoms with Gasteiger partial charge in [-0.15, -0.1) is 0 Å². The van der Waals surface area contributed by atoms with Crippen LogP contribution in [0.3, 0.4) is 0 Å². The number of hydrogen-bond donors (Lipinski definition) is 3. The van der Waals surface area contributed by atoms with Crippen LogP contribution in [-0.2, 0) is 14.3 Å². The molecule has 0 radical (unpaired) electrons. The molecular formula is C21H23ClN2O7. The van der Waals surface area contributed by atoms with Crippen LogP contribution in [0.25, 0.3) is 0 Å². The number of rotatable bonds is 7. The molecule has 31 heavy (non-hydrogen) atoms. The van der Waals surface area contributed by atoms with Crippen molar-refractivity contribution in [2.75, 3.05) is 26.8 Å². The molecule has 0 aliphatic carbocycles. The van der Waals surface area contributed by atoms with Crippen LogP contribution in [0.15, 0.2) is 54.7 Å². The molecule has 1 aliphatic heterocycles. The van der Waals surface area contributed by atoms with Gasteiger partial charge in [-0.05, 0) is 24.3 Å². The SMILES string of the molecule is COc1ccc(O[C@@H](c2ccccn2)[C@@H]2CNCCO2)c(Cl)c1.O=C(O)C=CC(=O)O. The predicted molar refractivity (Wildman–Crippen MR) is 113 cm³/mol. The highest BCUT2D eigenvalue weighted by Gasteiger charge is 2.29. The molecule has 1 aromatic heterocycles. The Labute approximate surface area is 184 Å². The van der Waals surface area contributed by atoms with Crippen molar-refractivity contribution >= 4 is 23.5 Å². The summed E-state index contributed by atoms with van der Waals surface area (Å²) in [6.07, 6.45) is 2.40. The van der Waals surface area contributed by atoms with E-state index < -0.39 is 11.9 Å². The molecule has 3 N–H and O–H groups in total. The maximum Gasteiger partial charge on any atom is 0.328 e. The molecule has 0 bridgehead atoms. The summed E-state index contributed by atoms with van der Waals surface area (Å²) >= 11 is 6.30. The van der Waals surface area contributed by atoms with E-state index in [4.69, 9.17) is 36.0 Å². The number of ether oxygens (including phenoxy) is 3. The third-order valence-corrected chi connectivity index (χ3v) is 4.33. The standard InChI is InChI=1S/C17H19ClN2O3.C4H4O4/c1-21-12-5-6-15(13(18)10-12)23-17(14-4-2-3-7-20-14)16-11-19-8-9-22-16;5-3(6)1-2-4(7)8/h2-7,10,16-17,19H,8-9,11H2,1H3;1-2H,(H,5,6)(H,7,8)/t16-,17-;/m0./s1. The van der Waals surface area contributed by atoms with Gasteiger partial charge in [0.25, 0.3) is 0 Å². The van der Waals surface area contributed by atoms with Gasteiger partial charge < -0.3 is 29.7 Å². The smallest absolute Gasteiger partial charge is 0.328 e. The molecule has 0 unspecified atom stereocenters. The molecule has 2 atom stereocenters. The van der Waals surface area contributed by atoms with E-state index in [-0.39, 0.29) is 12.2 Å². The summed E-state index contributed by atoms with van der Waals surface area (Å²) < 4.78 is 17.2. The first-order valence-electron chi connectivity index (χ1n) is 9.28. The summed E-state index contributed by atoms with van der Waals surface area (Å²) in [4.78, 5) is 23.5. The Hall–Kier alpha value is -3.14. The Balaban J connectivity index is 0.000000366. The number of aliphatic carboxylic acids is 2. The number of carboxylic acid groups (broad SMARTS) is 2. The lowest BCUT2D eigenvalue weighted by Gasteiger charge is -2.31. The van der Waals surface area contributed by atoms with Crippen LogP contribution in [0.2, 0.25) is 5.02 Å². The fourth-order valence-electron chi connectivity index (χ4n) is 2.63. The summed E-state index contributed by atoms with van der Waals surface area (Å²) in [5.74, 6) is -1.25. The van der Waals surface area contributed by atoms with Crippen LogP contribution in [0.1, 0.15) is 11.8 Å². The minimum Gasteiger partial charge on any atom is -0.497 e. The fraction of sp³-hybridized carbons (Fsp3) is 0.286. The van der Waals surface area contributed by atoms with Gasteiger partial charge >= 0.3 is 11.9 Å². The molecule has 1 fully saturated rings. The van der Waals surface area contributed by atoms with Crippen LogP contribution in [0.4, 0.5) is 0 Å². The Bertz CT molecular complexity index is 871. The number of carbonyl (C=O) groups is 2. The van der Waals surface area contributed by atoms with Crippen molar-refractivity contribution in [3.05, 3.63) is 65.5 Å². The summed E-state index contributed by atoms with van der Waals surface area (Å²) in [6, 6.07) is 11.1. The van der Waals surface area contributed by atoms with Crippen molar-refractivity contribution in [1.29, 1.82) is 0 Å². The first-order valence-corrected chi connectivity index (χ1v) is 9.66. The first-order chi connectivity index (χ1) is 14.9. The van der Waals surface area contributed by atoms with E-state index in [0.29, 0.717) is 41.8 Å². The average Bonchev–Trinajstić information content (AvgIpc) is 2.78. The number of halogens is 1. The third-order valence-electron chi connectivity index (χ3n) is 4.03. The molecule has 1 aromatic carbocycles. The number of methoxy groups -OCH3 is 1. The Morgan fingerprint density at radius 1 is 1.26 bits per heavy atom. The summed E-state index contributed by atoms with van der Waals surface area (Å²) in [6.45, 7) is 2.19. The second-order valence-electron chi connectivity index (χ2n) is 6.21. The molecule has 3 rings (SSSR count). The number of nitrogens with one attached hydrogen (secondary N) is 1. The zero-order chi connectivity index (χ0) is 22.6. The maximum absolute atomic E-state index is 9.55. The molecule has 9 nitrogen and oxygen atoms in total. The zero-order valence-electron chi connectivity index (χ0n) is 16.7. The third kappa shape index (κ3) is 8.25. The van der Waals surface area contributed by atoms with Crippen LogP contribution < -0.4 is 14.8 Å². The van der Waals surface area contributed by atoms with Crippen molar-refractivity contribution in [3.8, 4) is 11.5 Å². The zero-order valence-corrected chi connectivity index (χ0v) is 17.5. The molecule has 1 saturated heterocycles. The molecule has 10 heteroatoms. The quantitative estimate of drug-likeness (QED) is 0.545. The summed E-state index contributed by atoms with van der Waals surface area (Å²) in [7, 11) is 1.60. The lowest BCUT2D eigenvalue weighted by molar-refractivity contribution is -0.134. The highest BCUT2D eigenvalue weighted by atomic mass is 35.5. The molecule has 2 heterocycles. The number of pyridine rings is 1. The highest BCUT2D eigenvalue weighted by molar-refractivity contribution is 6.32. The van der Waals surface area contributed by atoms with Crippen molar-refractivity contribution in [2.45, 2.75) is 12.2 Å². The molecule has 1 aliphatic rings. The van der Waals surface area contributed by atoms with Crippen molar-refractivity contribution in [1.82, 2.24) is 10.3 Å². The number of aromatic nitrogens is 1. The minimum absolute atomic E-state index is 0.128. The molecule has 0 amide bonds. The topological polar surface area (TPSA) is 127 Å². The molecule has 2 aromatic rings. The molecule has 0 saturated carbocycles. The van der Waals surface area contributed by atoms with Gasteiger partial charge in [-0.3, -0.25) is 4.98 Å². The van der Waals surface area contributed by atoms with Gasteiger partial charge in [-0.2, -0.15) is 0 Å². The number of benzene rings is 1. The van der Waals surface area contributed by atoms with Gasteiger partial charge in [0, 0.05) is 37.5 Å². The van der Waals surface area contributed by atoms with E-state index >= 15 is 0 Å². The summed E-state index contributed by atoms with van der Waals surface area (Å²) in [5.41, 5.74) is 0.813. The molecule has 166 valence electrons. The Kier molecular flexibility index (Phi) is 9.76. The van der Waals surface area contributed by atoms with Gasteiger partial charge in [-0.25, -0.2) is 9.59 Å². The number of nitrogens with zero attached hydrogens (tertiary/aromatic N) is 1. The van der Waals surface area contributed by atoms with E-state index in [1.807, 2.05) is 24.3 Å². The van der Waals surface area contributed by atoms with Crippen LogP contribution in [0, 0.1) is 0 Å². The Morgan fingerprint density at radius 2 is 2.00 bits per heavy atom. The lowest BCUT2D eigenvalue weighted by atomic mass is 10.1. The summed E-state index contributed by atoms with van der Waals surface area (Å²) in [5, 5.41) is 19.4. The van der Waals surface area contributed by atoms with Gasteiger partial charge in [0.2, 0.25) is 0 Å². The van der Waals surface area contributed by atoms with Crippen LogP contribution in [-0.4, -0.2) is 60.0 Å². The predicted octanol–water partition coefficient (Wildman–Crippen LogP) is 2.56. The number of hydrogen-bond acceptors (Lipinski definition) is 7. The molecular weight excluding hydrogens is 428 g/mol. The van der Waals surface area contributed by atoms with Crippen molar-refractivity contribution in [3.63, 3.8) is 0 Å². The van der Waals surface area contributed by atoms with Gasteiger partial charge in [0.1, 0.15) is 17.6 Å². The minimum atomic E-state index is -1.26. The number of morpholine rings is 1. The highest BCUT2D eigenvalue weighted by Crippen LogP contribution is 2.33. The van der Waals surface area contributed by atoms with Crippen molar-refractivity contribution in [2.24, 2.45) is 0 Å². The fourth-order valence-corrected chi connectivity index (χ4v) is 2.85. The Morgan fingerprint density at radius 3 is 2.52 bits per heavy atom. The normalized spacial score (nSPS) is 16.6. The second-order valence-corrected chi connectivity index (χ2v) is 6.62. The molecule has 0 spiro atoms. The monoisotopic (exact) mass is 450 g/mol. The van der Waals surface area contributed by atoms with E-state index in [1.165, 1.54) is 0 Å². The van der Waals surface area contributed by atoms with E-state index in [2.05, 4.69) is 10.3 Å². The van der Waals surface area contributed by atoms with Gasteiger partial charge in [0.15, 0.2) is 6.10 Å². The van der Waals surface area contributed by atoms with Gasteiger partial charge in [0.05, 0.1) is 24.4 Å². The second kappa shape index (κ2) is 12.5. The average molecular weight is 451 g/mol. The van der Waals surface area contributed by atoms with E-state index in [0.717, 1.165) is 12.2 Å². The van der Waals surface area contributed by atoms with E-state index in [9.17, 15) is 9.59 Å².